The van der Waals surface area contributed by atoms with E-state index in [4.69, 9.17) is 0 Å². The van der Waals surface area contributed by atoms with Gasteiger partial charge in [-0.1, -0.05) is 30.3 Å². The summed E-state index contributed by atoms with van der Waals surface area (Å²) in [6.45, 7) is 6.73. The van der Waals surface area contributed by atoms with Gasteiger partial charge in [0, 0.05) is 56.9 Å². The lowest BCUT2D eigenvalue weighted by Gasteiger charge is -2.21. The molecule has 164 valence electrons. The van der Waals surface area contributed by atoms with Crippen LogP contribution in [-0.4, -0.2) is 60.9 Å². The fourth-order valence-electron chi connectivity index (χ4n) is 4.38. The Balaban J connectivity index is 1.19. The lowest BCUT2D eigenvalue weighted by Crippen LogP contribution is -2.32. The minimum absolute atomic E-state index is 0.0374. The van der Waals surface area contributed by atoms with Gasteiger partial charge in [-0.25, -0.2) is 0 Å². The minimum atomic E-state index is 0.0374. The standard InChI is InChI=1S/C25H32N4O2/c30-24(26-22-9-11-23(12-10-22)29-16-4-8-25(29)31)13-17-27-14-5-15-28(19-18-27)20-21-6-2-1-3-7-21/h1-3,6-7,9-12H,4-5,8,13-20H2,(H,26,30). The molecule has 6 heteroatoms. The van der Waals surface area contributed by atoms with Gasteiger partial charge in [0.1, 0.15) is 0 Å². The zero-order valence-corrected chi connectivity index (χ0v) is 18.1. The topological polar surface area (TPSA) is 55.9 Å². The van der Waals surface area contributed by atoms with E-state index < -0.39 is 0 Å². The summed E-state index contributed by atoms with van der Waals surface area (Å²) >= 11 is 0. The van der Waals surface area contributed by atoms with E-state index in [9.17, 15) is 9.59 Å². The smallest absolute Gasteiger partial charge is 0.227 e. The van der Waals surface area contributed by atoms with E-state index in [1.165, 1.54) is 5.56 Å². The molecule has 0 atom stereocenters. The van der Waals surface area contributed by atoms with Crippen molar-refractivity contribution in [1.82, 2.24) is 9.80 Å². The number of carbonyl (C=O) groups excluding carboxylic acids is 2. The van der Waals surface area contributed by atoms with Crippen molar-refractivity contribution in [3.8, 4) is 0 Å². The molecular weight excluding hydrogens is 388 g/mol. The van der Waals surface area contributed by atoms with Gasteiger partial charge in [0.25, 0.3) is 0 Å². The molecule has 2 heterocycles. The Hall–Kier alpha value is -2.70. The second-order valence-corrected chi connectivity index (χ2v) is 8.45. The largest absolute Gasteiger partial charge is 0.326 e. The Kier molecular flexibility index (Phi) is 7.33. The summed E-state index contributed by atoms with van der Waals surface area (Å²) in [6, 6.07) is 18.2. The minimum Gasteiger partial charge on any atom is -0.326 e. The van der Waals surface area contributed by atoms with Gasteiger partial charge in [0.2, 0.25) is 11.8 Å². The molecule has 31 heavy (non-hydrogen) atoms. The summed E-state index contributed by atoms with van der Waals surface area (Å²) < 4.78 is 0. The Morgan fingerprint density at radius 2 is 1.58 bits per heavy atom. The highest BCUT2D eigenvalue weighted by atomic mass is 16.2. The van der Waals surface area contributed by atoms with Crippen molar-refractivity contribution >= 4 is 23.2 Å². The summed E-state index contributed by atoms with van der Waals surface area (Å²) in [5.74, 6) is 0.215. The molecule has 2 amide bonds. The van der Waals surface area contributed by atoms with Crippen LogP contribution in [0.15, 0.2) is 54.6 Å². The van der Waals surface area contributed by atoms with Crippen LogP contribution in [0.3, 0.4) is 0 Å². The normalized spacial score (nSPS) is 18.2. The predicted molar refractivity (Wildman–Crippen MR) is 124 cm³/mol. The van der Waals surface area contributed by atoms with Crippen LogP contribution in [0.5, 0.6) is 0 Å². The second kappa shape index (κ2) is 10.6. The van der Waals surface area contributed by atoms with Crippen molar-refractivity contribution in [3.63, 3.8) is 0 Å². The second-order valence-electron chi connectivity index (χ2n) is 8.45. The van der Waals surface area contributed by atoms with E-state index >= 15 is 0 Å². The van der Waals surface area contributed by atoms with E-state index in [0.29, 0.717) is 12.8 Å². The number of rotatable bonds is 7. The third kappa shape index (κ3) is 6.15. The highest BCUT2D eigenvalue weighted by Crippen LogP contribution is 2.23. The van der Waals surface area contributed by atoms with E-state index in [-0.39, 0.29) is 11.8 Å². The molecule has 0 aromatic heterocycles. The first-order valence-corrected chi connectivity index (χ1v) is 11.4. The Bertz CT molecular complexity index is 869. The molecule has 2 fully saturated rings. The summed E-state index contributed by atoms with van der Waals surface area (Å²) in [5, 5.41) is 2.99. The fraction of sp³-hybridized carbons (Fsp3) is 0.440. The molecule has 2 aromatic rings. The van der Waals surface area contributed by atoms with Crippen molar-refractivity contribution < 1.29 is 9.59 Å². The van der Waals surface area contributed by atoms with Crippen molar-refractivity contribution in [2.45, 2.75) is 32.2 Å². The van der Waals surface area contributed by atoms with Crippen LogP contribution < -0.4 is 10.2 Å². The number of amides is 2. The first-order valence-electron chi connectivity index (χ1n) is 11.4. The molecule has 0 bridgehead atoms. The highest BCUT2D eigenvalue weighted by molar-refractivity contribution is 5.96. The van der Waals surface area contributed by atoms with E-state index in [1.54, 1.807) is 0 Å². The van der Waals surface area contributed by atoms with Gasteiger partial charge in [-0.15, -0.1) is 0 Å². The third-order valence-electron chi connectivity index (χ3n) is 6.12. The molecule has 6 nitrogen and oxygen atoms in total. The quantitative estimate of drug-likeness (QED) is 0.746. The molecule has 0 saturated carbocycles. The highest BCUT2D eigenvalue weighted by Gasteiger charge is 2.21. The molecule has 2 aromatic carbocycles. The first-order chi connectivity index (χ1) is 15.2. The average Bonchev–Trinajstić information content (AvgIpc) is 3.09. The monoisotopic (exact) mass is 420 g/mol. The number of carbonyl (C=O) groups is 2. The molecule has 2 saturated heterocycles. The molecule has 0 unspecified atom stereocenters. The van der Waals surface area contributed by atoms with Gasteiger partial charge < -0.3 is 15.1 Å². The van der Waals surface area contributed by atoms with Gasteiger partial charge in [0.05, 0.1) is 0 Å². The van der Waals surface area contributed by atoms with Gasteiger partial charge in [-0.05, 0) is 55.8 Å². The van der Waals surface area contributed by atoms with E-state index in [0.717, 1.165) is 70.0 Å². The molecule has 2 aliphatic rings. The summed E-state index contributed by atoms with van der Waals surface area (Å²) in [4.78, 5) is 31.0. The van der Waals surface area contributed by atoms with Gasteiger partial charge in [-0.2, -0.15) is 0 Å². The number of anilines is 2. The third-order valence-corrected chi connectivity index (χ3v) is 6.12. The Morgan fingerprint density at radius 1 is 0.839 bits per heavy atom. The number of nitrogens with one attached hydrogen (secondary N) is 1. The summed E-state index contributed by atoms with van der Waals surface area (Å²) in [6.07, 6.45) is 3.16. The molecule has 0 radical (unpaired) electrons. The lowest BCUT2D eigenvalue weighted by atomic mass is 10.2. The number of benzene rings is 2. The summed E-state index contributed by atoms with van der Waals surface area (Å²) in [5.41, 5.74) is 3.05. The maximum absolute atomic E-state index is 12.4. The van der Waals surface area contributed by atoms with E-state index in [2.05, 4.69) is 45.4 Å². The number of hydrogen-bond acceptors (Lipinski definition) is 4. The first kappa shape index (κ1) is 21.5. The van der Waals surface area contributed by atoms with Crippen molar-refractivity contribution in [3.05, 3.63) is 60.2 Å². The molecule has 0 aliphatic carbocycles. The lowest BCUT2D eigenvalue weighted by molar-refractivity contribution is -0.117. The van der Waals surface area contributed by atoms with Gasteiger partial charge in [-0.3, -0.25) is 14.5 Å². The Labute approximate surface area is 184 Å². The zero-order valence-electron chi connectivity index (χ0n) is 18.1. The van der Waals surface area contributed by atoms with Crippen LogP contribution in [0.25, 0.3) is 0 Å². The fourth-order valence-corrected chi connectivity index (χ4v) is 4.38. The predicted octanol–water partition coefficient (Wildman–Crippen LogP) is 3.35. The van der Waals surface area contributed by atoms with Crippen molar-refractivity contribution in [2.24, 2.45) is 0 Å². The Morgan fingerprint density at radius 3 is 2.32 bits per heavy atom. The molecule has 4 rings (SSSR count). The van der Waals surface area contributed by atoms with Gasteiger partial charge >= 0.3 is 0 Å². The molecule has 0 spiro atoms. The van der Waals surface area contributed by atoms with Crippen molar-refractivity contribution in [1.29, 1.82) is 0 Å². The van der Waals surface area contributed by atoms with Gasteiger partial charge in [0.15, 0.2) is 0 Å². The van der Waals surface area contributed by atoms with E-state index in [1.807, 2.05) is 29.2 Å². The van der Waals surface area contributed by atoms with Crippen LogP contribution >= 0.6 is 0 Å². The molecule has 2 aliphatic heterocycles. The van der Waals surface area contributed by atoms with Crippen LogP contribution in [0.2, 0.25) is 0 Å². The SMILES string of the molecule is O=C(CCN1CCCN(Cc2ccccc2)CC1)Nc1ccc(N2CCCC2=O)cc1. The summed E-state index contributed by atoms with van der Waals surface area (Å²) in [7, 11) is 0. The number of hydrogen-bond donors (Lipinski definition) is 1. The van der Waals surface area contributed by atoms with Crippen LogP contribution in [0.4, 0.5) is 11.4 Å². The molecule has 1 N–H and O–H groups in total. The van der Waals surface area contributed by atoms with Crippen LogP contribution in [0, 0.1) is 0 Å². The maximum atomic E-state index is 12.4. The van der Waals surface area contributed by atoms with Crippen LogP contribution in [-0.2, 0) is 16.1 Å². The molecular formula is C25H32N4O2. The average molecular weight is 421 g/mol. The maximum Gasteiger partial charge on any atom is 0.227 e. The van der Waals surface area contributed by atoms with Crippen LogP contribution in [0.1, 0.15) is 31.2 Å². The number of nitrogens with zero attached hydrogens (tertiary/aromatic N) is 3. The van der Waals surface area contributed by atoms with Crippen molar-refractivity contribution in [2.75, 3.05) is 49.5 Å². The zero-order chi connectivity index (χ0) is 21.5.